The summed E-state index contributed by atoms with van der Waals surface area (Å²) in [5.74, 6) is 0.496. The Hall–Kier alpha value is -1.33. The molecule has 0 saturated carbocycles. The van der Waals surface area contributed by atoms with Gasteiger partial charge in [0.15, 0.2) is 0 Å². The number of amides is 1. The highest BCUT2D eigenvalue weighted by atomic mass is 35.5. The Morgan fingerprint density at radius 2 is 2.50 bits per heavy atom. The summed E-state index contributed by atoms with van der Waals surface area (Å²) in [5.41, 5.74) is 0.963. The summed E-state index contributed by atoms with van der Waals surface area (Å²) in [7, 11) is 0. The van der Waals surface area contributed by atoms with Crippen molar-refractivity contribution in [2.24, 2.45) is 0 Å². The number of imidazole rings is 1. The fourth-order valence-electron chi connectivity index (χ4n) is 1.24. The van der Waals surface area contributed by atoms with E-state index in [1.165, 1.54) is 0 Å². The molecule has 0 radical (unpaired) electrons. The van der Waals surface area contributed by atoms with Crippen LogP contribution >= 0.6 is 22.9 Å². The van der Waals surface area contributed by atoms with Crippen molar-refractivity contribution in [3.8, 4) is 10.6 Å². The van der Waals surface area contributed by atoms with Crippen LogP contribution < -0.4 is 5.32 Å². The lowest BCUT2D eigenvalue weighted by atomic mass is 10.4. The lowest BCUT2D eigenvalue weighted by Crippen LogP contribution is -2.24. The predicted octanol–water partition coefficient (Wildman–Crippen LogP) is 1.99. The van der Waals surface area contributed by atoms with E-state index in [1.807, 2.05) is 17.5 Å². The van der Waals surface area contributed by atoms with Crippen LogP contribution in [0, 0.1) is 0 Å². The first kappa shape index (κ1) is 11.2. The van der Waals surface area contributed by atoms with Crippen molar-refractivity contribution in [2.45, 2.75) is 6.54 Å². The van der Waals surface area contributed by atoms with Gasteiger partial charge in [0.25, 0.3) is 0 Å². The van der Waals surface area contributed by atoms with Crippen LogP contribution in [0.3, 0.4) is 0 Å². The van der Waals surface area contributed by atoms with Gasteiger partial charge < -0.3 is 10.3 Å². The number of hydrogen-bond acceptors (Lipinski definition) is 3. The zero-order chi connectivity index (χ0) is 11.4. The average molecular weight is 256 g/mol. The minimum Gasteiger partial charge on any atom is -0.348 e. The molecule has 0 aliphatic rings. The highest BCUT2D eigenvalue weighted by Crippen LogP contribution is 2.22. The minimum atomic E-state index is -0.198. The van der Waals surface area contributed by atoms with E-state index in [0.717, 1.165) is 16.4 Å². The Balaban J connectivity index is 2.00. The standard InChI is InChI=1S/C10H10ClN3OS/c11-4-10(15)13-6-9-12-5-7(14-9)8-2-1-3-16-8/h1-3,5H,4,6H2,(H,12,14)(H,13,15). The van der Waals surface area contributed by atoms with Crippen LogP contribution in [0.1, 0.15) is 5.82 Å². The Morgan fingerprint density at radius 3 is 3.19 bits per heavy atom. The van der Waals surface area contributed by atoms with Crippen LogP contribution in [-0.4, -0.2) is 21.8 Å². The van der Waals surface area contributed by atoms with E-state index in [4.69, 9.17) is 11.6 Å². The molecular weight excluding hydrogens is 246 g/mol. The van der Waals surface area contributed by atoms with Crippen molar-refractivity contribution in [1.29, 1.82) is 0 Å². The Labute approximate surface area is 102 Å². The molecule has 0 bridgehead atoms. The minimum absolute atomic E-state index is 0.0293. The second kappa shape index (κ2) is 5.14. The van der Waals surface area contributed by atoms with Gasteiger partial charge in [-0.2, -0.15) is 0 Å². The van der Waals surface area contributed by atoms with E-state index >= 15 is 0 Å². The molecule has 0 unspecified atom stereocenters. The molecule has 0 aliphatic carbocycles. The van der Waals surface area contributed by atoms with E-state index in [-0.39, 0.29) is 11.8 Å². The molecular formula is C10H10ClN3OS. The predicted molar refractivity (Wildman–Crippen MR) is 64.5 cm³/mol. The molecule has 2 rings (SSSR count). The van der Waals surface area contributed by atoms with Gasteiger partial charge in [0, 0.05) is 0 Å². The Morgan fingerprint density at radius 1 is 1.62 bits per heavy atom. The molecule has 0 aliphatic heterocycles. The number of nitrogens with one attached hydrogen (secondary N) is 2. The maximum Gasteiger partial charge on any atom is 0.235 e. The summed E-state index contributed by atoms with van der Waals surface area (Å²) >= 11 is 7.00. The monoisotopic (exact) mass is 255 g/mol. The van der Waals surface area contributed by atoms with Crippen LogP contribution in [-0.2, 0) is 11.3 Å². The SMILES string of the molecule is O=C(CCl)NCc1ncc(-c2cccs2)[nH]1. The van der Waals surface area contributed by atoms with Gasteiger partial charge >= 0.3 is 0 Å². The van der Waals surface area contributed by atoms with Gasteiger partial charge in [0.1, 0.15) is 11.7 Å². The van der Waals surface area contributed by atoms with Crippen LogP contribution in [0.4, 0.5) is 0 Å². The molecule has 2 aromatic rings. The van der Waals surface area contributed by atoms with Crippen molar-refractivity contribution in [2.75, 3.05) is 5.88 Å². The number of carbonyl (C=O) groups excluding carboxylic acids is 1. The molecule has 0 aromatic carbocycles. The summed E-state index contributed by atoms with van der Waals surface area (Å²) in [6, 6.07) is 4.00. The number of hydrogen-bond donors (Lipinski definition) is 2. The van der Waals surface area contributed by atoms with Gasteiger partial charge in [0.05, 0.1) is 23.3 Å². The fourth-order valence-corrected chi connectivity index (χ4v) is 2.02. The zero-order valence-corrected chi connectivity index (χ0v) is 9.94. The van der Waals surface area contributed by atoms with Crippen molar-refractivity contribution in [3.63, 3.8) is 0 Å². The van der Waals surface area contributed by atoms with Gasteiger partial charge in [-0.05, 0) is 11.4 Å². The first-order valence-electron chi connectivity index (χ1n) is 4.70. The number of aromatic nitrogens is 2. The molecule has 6 heteroatoms. The van der Waals surface area contributed by atoms with Crippen LogP contribution in [0.15, 0.2) is 23.7 Å². The lowest BCUT2D eigenvalue weighted by molar-refractivity contribution is -0.118. The smallest absolute Gasteiger partial charge is 0.235 e. The van der Waals surface area contributed by atoms with Gasteiger partial charge in [0.2, 0.25) is 5.91 Å². The van der Waals surface area contributed by atoms with Gasteiger partial charge in [-0.15, -0.1) is 22.9 Å². The quantitative estimate of drug-likeness (QED) is 0.821. The van der Waals surface area contributed by atoms with Gasteiger partial charge in [-0.1, -0.05) is 6.07 Å². The number of carbonyl (C=O) groups is 1. The van der Waals surface area contributed by atoms with E-state index in [2.05, 4.69) is 15.3 Å². The maximum atomic E-state index is 10.9. The third kappa shape index (κ3) is 2.62. The Bertz CT molecular complexity index is 466. The molecule has 0 fully saturated rings. The molecule has 4 nitrogen and oxygen atoms in total. The van der Waals surface area contributed by atoms with E-state index in [9.17, 15) is 4.79 Å². The maximum absolute atomic E-state index is 10.9. The average Bonchev–Trinajstić information content (AvgIpc) is 2.95. The van der Waals surface area contributed by atoms with Crippen LogP contribution in [0.2, 0.25) is 0 Å². The van der Waals surface area contributed by atoms with E-state index in [0.29, 0.717) is 6.54 Å². The number of H-pyrrole nitrogens is 1. The second-order valence-electron chi connectivity index (χ2n) is 3.13. The third-order valence-electron chi connectivity index (χ3n) is 1.99. The largest absolute Gasteiger partial charge is 0.348 e. The van der Waals surface area contributed by atoms with E-state index < -0.39 is 0 Å². The molecule has 0 atom stereocenters. The number of thiophene rings is 1. The van der Waals surface area contributed by atoms with Gasteiger partial charge in [-0.3, -0.25) is 4.79 Å². The molecule has 2 aromatic heterocycles. The van der Waals surface area contributed by atoms with Crippen molar-refractivity contribution in [3.05, 3.63) is 29.5 Å². The first-order valence-corrected chi connectivity index (χ1v) is 6.11. The summed E-state index contributed by atoms with van der Waals surface area (Å²) in [4.78, 5) is 19.4. The fraction of sp³-hybridized carbons (Fsp3) is 0.200. The number of aromatic amines is 1. The molecule has 2 heterocycles. The highest BCUT2D eigenvalue weighted by molar-refractivity contribution is 7.13. The molecule has 84 valence electrons. The number of rotatable bonds is 4. The van der Waals surface area contributed by atoms with Crippen LogP contribution in [0.5, 0.6) is 0 Å². The van der Waals surface area contributed by atoms with E-state index in [1.54, 1.807) is 17.5 Å². The lowest BCUT2D eigenvalue weighted by Gasteiger charge is -1.98. The molecule has 1 amide bonds. The highest BCUT2D eigenvalue weighted by Gasteiger charge is 2.05. The van der Waals surface area contributed by atoms with Crippen molar-refractivity contribution < 1.29 is 4.79 Å². The normalized spacial score (nSPS) is 10.3. The summed E-state index contributed by atoms with van der Waals surface area (Å²) in [5, 5.41) is 4.65. The summed E-state index contributed by atoms with van der Waals surface area (Å²) in [6.45, 7) is 0.372. The van der Waals surface area contributed by atoms with Crippen molar-refractivity contribution in [1.82, 2.24) is 15.3 Å². The molecule has 0 saturated heterocycles. The Kier molecular flexibility index (Phi) is 3.58. The topological polar surface area (TPSA) is 57.8 Å². The van der Waals surface area contributed by atoms with Gasteiger partial charge in [-0.25, -0.2) is 4.98 Å². The molecule has 2 N–H and O–H groups in total. The number of alkyl halides is 1. The molecule has 0 spiro atoms. The first-order chi connectivity index (χ1) is 7.79. The number of halogens is 1. The third-order valence-corrected chi connectivity index (χ3v) is 3.14. The van der Waals surface area contributed by atoms with Crippen LogP contribution in [0.25, 0.3) is 10.6 Å². The summed E-state index contributed by atoms with van der Waals surface area (Å²) in [6.07, 6.45) is 1.76. The second-order valence-corrected chi connectivity index (χ2v) is 4.35. The molecule has 16 heavy (non-hydrogen) atoms. The number of nitrogens with zero attached hydrogens (tertiary/aromatic N) is 1. The summed E-state index contributed by atoms with van der Waals surface area (Å²) < 4.78 is 0. The van der Waals surface area contributed by atoms with Crippen molar-refractivity contribution >= 4 is 28.8 Å². The zero-order valence-electron chi connectivity index (χ0n) is 8.37.